The molecule has 4 rings (SSSR count). The zero-order chi connectivity index (χ0) is 50.6. The van der Waals surface area contributed by atoms with Crippen LogP contribution in [0.4, 0.5) is 0 Å². The van der Waals surface area contributed by atoms with Crippen LogP contribution in [0, 0.1) is 0 Å². The van der Waals surface area contributed by atoms with Gasteiger partial charge in [-0.05, 0) is 25.4 Å². The summed E-state index contributed by atoms with van der Waals surface area (Å²) < 4.78 is 92.6. The molecule has 0 radical (unpaired) electrons. The van der Waals surface area contributed by atoms with Gasteiger partial charge in [0.2, 0.25) is 11.1 Å². The molecule has 404 valence electrons. The van der Waals surface area contributed by atoms with E-state index >= 15 is 0 Å². The molecule has 0 spiro atoms. The van der Waals surface area contributed by atoms with Crippen molar-refractivity contribution in [2.45, 2.75) is 47.5 Å². The summed E-state index contributed by atoms with van der Waals surface area (Å²) in [4.78, 5) is 25.2. The zero-order valence-corrected chi connectivity index (χ0v) is 42.7. The van der Waals surface area contributed by atoms with Gasteiger partial charge in [-0.1, -0.05) is 31.0 Å². The lowest BCUT2D eigenvalue weighted by Crippen LogP contribution is -2.39. The number of amides is 1. The van der Waals surface area contributed by atoms with Gasteiger partial charge in [-0.3, -0.25) is 19.4 Å². The fourth-order valence-electron chi connectivity index (χ4n) is 5.63. The lowest BCUT2D eigenvalue weighted by Gasteiger charge is -2.25. The number of nitrogens with two attached hydrogens (primary N) is 1. The highest BCUT2D eigenvalue weighted by Gasteiger charge is 2.23. The smallest absolute Gasteiger partial charge is 0.247 e. The Morgan fingerprint density at radius 1 is 0.586 bits per heavy atom. The highest BCUT2D eigenvalue weighted by Crippen LogP contribution is 2.09. The van der Waals surface area contributed by atoms with E-state index in [4.69, 9.17) is 55.2 Å². The van der Waals surface area contributed by atoms with Crippen molar-refractivity contribution in [3.63, 3.8) is 0 Å². The molecule has 0 bridgehead atoms. The Morgan fingerprint density at radius 2 is 0.900 bits per heavy atom. The van der Waals surface area contributed by atoms with Crippen molar-refractivity contribution >= 4 is 42.4 Å². The Labute approximate surface area is 419 Å². The van der Waals surface area contributed by atoms with Crippen LogP contribution in [0.25, 0.3) is 0 Å². The van der Waals surface area contributed by atoms with Gasteiger partial charge in [0.15, 0.2) is 19.7 Å². The molecule has 0 unspecified atom stereocenters. The van der Waals surface area contributed by atoms with Gasteiger partial charge < -0.3 is 48.9 Å². The molecule has 3 N–H and O–H groups in total. The van der Waals surface area contributed by atoms with Crippen molar-refractivity contribution in [2.24, 2.45) is 5.73 Å². The van der Waals surface area contributed by atoms with E-state index in [1.807, 2.05) is 12.4 Å². The summed E-state index contributed by atoms with van der Waals surface area (Å²) in [5, 5.41) is 18.7. The molecular weight excluding hydrogens is 980 g/mol. The van der Waals surface area contributed by atoms with Crippen LogP contribution in [-0.2, 0) is 93.3 Å². The molecule has 0 atom stereocenters. The van der Waals surface area contributed by atoms with Gasteiger partial charge in [-0.25, -0.2) is 26.2 Å². The van der Waals surface area contributed by atoms with Crippen molar-refractivity contribution in [2.75, 3.05) is 168 Å². The van der Waals surface area contributed by atoms with Crippen molar-refractivity contribution in [3.05, 3.63) is 48.1 Å². The fraction of sp³-hybridized carbons (Fsp3) is 0.767. The summed E-state index contributed by atoms with van der Waals surface area (Å²) in [7, 11) is -5.73. The molecule has 2 aliphatic heterocycles. The molecule has 2 aromatic heterocycles. The molecule has 0 aliphatic carbocycles. The fourth-order valence-corrected chi connectivity index (χ4v) is 8.18. The number of aromatic nitrogens is 6. The number of halogens is 1. The van der Waals surface area contributed by atoms with Gasteiger partial charge in [-0.15, -0.1) is 10.2 Å². The summed E-state index contributed by atoms with van der Waals surface area (Å²) >= 11 is 4.87. The van der Waals surface area contributed by atoms with Crippen LogP contribution in [0.2, 0.25) is 0 Å². The standard InChI is InChI=1S/C21H37N5O7S.C17H33N5O6S.C4H5ClO.CH4/c1-19(2)21(27)22-3-7-30-9-11-32-13-14-33-12-10-31-8-4-26-18-20(23-24-26)17-25-5-15-34(28,29)16-6-25;18-1-5-25-7-9-27-11-12-28-10-8-26-6-2-22-16-17(19-20-22)15-21-3-13-29(23,24)14-4-21;1-3(2)4(5)6;/h18H,1,3-17H2,2H3,(H,22,27);16H,1-15,18H2;1H2,2H3;1H4. The van der Waals surface area contributed by atoms with Crippen LogP contribution in [0.15, 0.2) is 36.7 Å². The second kappa shape index (κ2) is 39.2. The minimum Gasteiger partial charge on any atom is -0.378 e. The van der Waals surface area contributed by atoms with E-state index < -0.39 is 24.9 Å². The summed E-state index contributed by atoms with van der Waals surface area (Å²) in [5.74, 6) is 0.671. The quantitative estimate of drug-likeness (QED) is 0.0512. The summed E-state index contributed by atoms with van der Waals surface area (Å²) in [6, 6.07) is 0. The number of ether oxygens (including phenoxy) is 8. The van der Waals surface area contributed by atoms with Gasteiger partial charge in [0.05, 0.1) is 153 Å². The van der Waals surface area contributed by atoms with E-state index in [0.717, 1.165) is 11.4 Å². The number of nitrogens with zero attached hydrogens (tertiary/aromatic N) is 8. The summed E-state index contributed by atoms with van der Waals surface area (Å²) in [6.45, 7) is 23.5. The van der Waals surface area contributed by atoms with E-state index in [1.165, 1.54) is 0 Å². The third-order valence-electron chi connectivity index (χ3n) is 9.50. The Morgan fingerprint density at radius 3 is 1.21 bits per heavy atom. The normalized spacial score (nSPS) is 15.4. The predicted octanol–water partition coefficient (Wildman–Crippen LogP) is -0.235. The van der Waals surface area contributed by atoms with Crippen LogP contribution in [0.3, 0.4) is 0 Å². The molecule has 2 aromatic rings. The average molecular weight is 1060 g/mol. The van der Waals surface area contributed by atoms with Crippen molar-refractivity contribution in [1.82, 2.24) is 45.1 Å². The molecule has 27 heteroatoms. The molecule has 4 heterocycles. The lowest BCUT2D eigenvalue weighted by molar-refractivity contribution is -0.117. The first-order valence-electron chi connectivity index (χ1n) is 22.8. The van der Waals surface area contributed by atoms with Gasteiger partial charge >= 0.3 is 0 Å². The van der Waals surface area contributed by atoms with Crippen molar-refractivity contribution in [1.29, 1.82) is 0 Å². The number of rotatable bonds is 35. The van der Waals surface area contributed by atoms with Crippen LogP contribution < -0.4 is 11.1 Å². The van der Waals surface area contributed by atoms with E-state index in [-0.39, 0.29) is 36.3 Å². The number of sulfone groups is 2. The molecule has 0 aromatic carbocycles. The van der Waals surface area contributed by atoms with Gasteiger partial charge in [0, 0.05) is 75.9 Å². The molecule has 24 nitrogen and oxygen atoms in total. The first-order valence-corrected chi connectivity index (χ1v) is 26.9. The maximum absolute atomic E-state index is 11.5. The van der Waals surface area contributed by atoms with E-state index in [0.29, 0.717) is 182 Å². The number of hydrogen-bond donors (Lipinski definition) is 2. The van der Waals surface area contributed by atoms with Gasteiger partial charge in [0.25, 0.3) is 0 Å². The van der Waals surface area contributed by atoms with Crippen LogP contribution >= 0.6 is 11.6 Å². The SMILES string of the molecule is C.C=C(C)C(=O)Cl.C=C(C)C(=O)NCCOCCOCCOCCOCCn1cc(CN2CCS(=O)(=O)CC2)nn1.NCCOCCOCCOCCOCCn1cc(CN2CCS(=O)(=O)CC2)nn1. The Bertz CT molecular complexity index is 1920. The first-order chi connectivity index (χ1) is 33.1. The Hall–Kier alpha value is -3.35. The third kappa shape index (κ3) is 34.1. The van der Waals surface area contributed by atoms with Gasteiger partial charge in [0.1, 0.15) is 0 Å². The molecule has 0 saturated carbocycles. The van der Waals surface area contributed by atoms with Crippen molar-refractivity contribution < 1.29 is 64.3 Å². The second-order valence-corrected chi connectivity index (χ2v) is 20.5. The first kappa shape index (κ1) is 64.7. The maximum atomic E-state index is 11.5. The molecule has 2 fully saturated rings. The van der Waals surface area contributed by atoms with Crippen molar-refractivity contribution in [3.8, 4) is 0 Å². The Kier molecular flexibility index (Phi) is 36.2. The molecule has 70 heavy (non-hydrogen) atoms. The minimum atomic E-state index is -2.87. The largest absolute Gasteiger partial charge is 0.378 e. The van der Waals surface area contributed by atoms with E-state index in [1.54, 1.807) is 23.2 Å². The van der Waals surface area contributed by atoms with E-state index in [2.05, 4.69) is 48.9 Å². The minimum absolute atomic E-state index is 0. The second-order valence-electron chi connectivity index (χ2n) is 15.6. The number of carbonyl (C=O) groups is 2. The molecule has 2 saturated heterocycles. The Balaban J connectivity index is 0.000000624. The van der Waals surface area contributed by atoms with Crippen LogP contribution in [-0.4, -0.2) is 236 Å². The topological polar surface area (TPSA) is 282 Å². The van der Waals surface area contributed by atoms with Crippen LogP contribution in [0.5, 0.6) is 0 Å². The highest BCUT2D eigenvalue weighted by molar-refractivity contribution is 7.91. The van der Waals surface area contributed by atoms with Gasteiger partial charge in [-0.2, -0.15) is 0 Å². The average Bonchev–Trinajstić information content (AvgIpc) is 3.97. The molecular formula is C43H79ClN10O14S2. The third-order valence-corrected chi connectivity index (χ3v) is 13.0. The summed E-state index contributed by atoms with van der Waals surface area (Å²) in [6.07, 6.45) is 3.74. The predicted molar refractivity (Wildman–Crippen MR) is 264 cm³/mol. The molecule has 1 amide bonds. The number of nitrogens with one attached hydrogen (secondary N) is 1. The highest BCUT2D eigenvalue weighted by atomic mass is 35.5. The molecule has 2 aliphatic rings. The lowest BCUT2D eigenvalue weighted by atomic mass is 10.3. The number of allylic oxidation sites excluding steroid dienone is 1. The van der Waals surface area contributed by atoms with Crippen LogP contribution in [0.1, 0.15) is 32.7 Å². The van der Waals surface area contributed by atoms with E-state index in [9.17, 15) is 26.4 Å². The summed E-state index contributed by atoms with van der Waals surface area (Å²) in [5.41, 5.74) is 7.83. The number of carbonyl (C=O) groups excluding carboxylic acids is 2. The zero-order valence-electron chi connectivity index (χ0n) is 40.3. The monoisotopic (exact) mass is 1060 g/mol. The maximum Gasteiger partial charge on any atom is 0.247 e. The number of hydrogen-bond acceptors (Lipinski definition) is 21.